The van der Waals surface area contributed by atoms with Gasteiger partial charge in [-0.3, -0.25) is 9.59 Å². The molecule has 2 aromatic rings. The summed E-state index contributed by atoms with van der Waals surface area (Å²) in [5, 5.41) is 2.68. The van der Waals surface area contributed by atoms with Gasteiger partial charge in [-0.15, -0.1) is 0 Å². The summed E-state index contributed by atoms with van der Waals surface area (Å²) in [5.41, 5.74) is 1.51. The fourth-order valence-corrected chi connectivity index (χ4v) is 3.16. The Labute approximate surface area is 174 Å². The van der Waals surface area contributed by atoms with Crippen LogP contribution in [0.3, 0.4) is 0 Å². The Morgan fingerprint density at radius 1 is 1.13 bits per heavy atom. The molecule has 30 heavy (non-hydrogen) atoms. The number of hydrogen-bond donors (Lipinski definition) is 1. The quantitative estimate of drug-likeness (QED) is 0.670. The van der Waals surface area contributed by atoms with E-state index in [1.54, 1.807) is 29.2 Å². The monoisotopic (exact) mass is 412 g/mol. The summed E-state index contributed by atoms with van der Waals surface area (Å²) in [5.74, 6) is -0.134. The number of anilines is 2. The molecule has 8 nitrogen and oxygen atoms in total. The minimum Gasteiger partial charge on any atom is -0.493 e. The number of amides is 2. The van der Waals surface area contributed by atoms with Crippen molar-refractivity contribution in [3.8, 4) is 11.5 Å². The second kappa shape index (κ2) is 9.78. The van der Waals surface area contributed by atoms with E-state index in [2.05, 4.69) is 5.32 Å². The molecule has 2 amide bonds. The third-order valence-electron chi connectivity index (χ3n) is 4.55. The van der Waals surface area contributed by atoms with E-state index in [1.165, 1.54) is 19.2 Å². The highest BCUT2D eigenvalue weighted by molar-refractivity contribution is 5.98. The van der Waals surface area contributed by atoms with Crippen molar-refractivity contribution in [1.82, 2.24) is 0 Å². The van der Waals surface area contributed by atoms with Crippen LogP contribution in [-0.2, 0) is 14.3 Å². The van der Waals surface area contributed by atoms with Gasteiger partial charge in [0.25, 0.3) is 5.91 Å². The Balaban J connectivity index is 1.57. The normalized spacial score (nSPS) is 13.1. The molecule has 1 aliphatic heterocycles. The average Bonchev–Trinajstić information content (AvgIpc) is 3.18. The number of ether oxygens (including phenoxy) is 3. The van der Waals surface area contributed by atoms with Crippen LogP contribution in [0.5, 0.6) is 11.5 Å². The van der Waals surface area contributed by atoms with Gasteiger partial charge in [0, 0.05) is 24.3 Å². The van der Waals surface area contributed by atoms with E-state index in [-0.39, 0.29) is 11.5 Å². The first kappa shape index (κ1) is 21.2. The van der Waals surface area contributed by atoms with Crippen molar-refractivity contribution in [2.24, 2.45) is 0 Å². The zero-order valence-electron chi connectivity index (χ0n) is 17.0. The molecule has 1 aliphatic rings. The maximum atomic E-state index is 12.3. The van der Waals surface area contributed by atoms with Gasteiger partial charge in [0.05, 0.1) is 19.3 Å². The summed E-state index contributed by atoms with van der Waals surface area (Å²) in [6.07, 6.45) is 1.35. The highest BCUT2D eigenvalue weighted by Gasteiger charge is 2.22. The van der Waals surface area contributed by atoms with Gasteiger partial charge in [-0.1, -0.05) is 6.07 Å². The van der Waals surface area contributed by atoms with Crippen molar-refractivity contribution in [2.75, 3.05) is 37.1 Å². The SMILES string of the molecule is CCOc1cc(C(=O)OCC(=O)Nc2cccc(N3CCCC3=O)c2)ccc1OC. The summed E-state index contributed by atoms with van der Waals surface area (Å²) in [6, 6.07) is 11.7. The van der Waals surface area contributed by atoms with Crippen molar-refractivity contribution in [1.29, 1.82) is 0 Å². The number of nitrogens with one attached hydrogen (secondary N) is 1. The maximum Gasteiger partial charge on any atom is 0.338 e. The zero-order chi connectivity index (χ0) is 21.5. The van der Waals surface area contributed by atoms with Gasteiger partial charge in [0.1, 0.15) is 0 Å². The maximum absolute atomic E-state index is 12.3. The molecule has 0 unspecified atom stereocenters. The van der Waals surface area contributed by atoms with Gasteiger partial charge in [-0.2, -0.15) is 0 Å². The molecular formula is C22H24N2O6. The second-order valence-electron chi connectivity index (χ2n) is 6.62. The predicted octanol–water partition coefficient (Wildman–Crippen LogP) is 3.02. The van der Waals surface area contributed by atoms with Crippen molar-refractivity contribution < 1.29 is 28.6 Å². The zero-order valence-corrected chi connectivity index (χ0v) is 17.0. The van der Waals surface area contributed by atoms with Crippen LogP contribution in [0.2, 0.25) is 0 Å². The highest BCUT2D eigenvalue weighted by Crippen LogP contribution is 2.28. The minimum absolute atomic E-state index is 0.0679. The lowest BCUT2D eigenvalue weighted by atomic mass is 10.2. The van der Waals surface area contributed by atoms with Crippen LogP contribution < -0.4 is 19.7 Å². The predicted molar refractivity (Wildman–Crippen MR) is 111 cm³/mol. The molecule has 0 atom stereocenters. The van der Waals surface area contributed by atoms with Gasteiger partial charge >= 0.3 is 5.97 Å². The summed E-state index contributed by atoms with van der Waals surface area (Å²) in [4.78, 5) is 38.1. The number of methoxy groups -OCH3 is 1. The van der Waals surface area contributed by atoms with Crippen molar-refractivity contribution in [3.05, 3.63) is 48.0 Å². The fraction of sp³-hybridized carbons (Fsp3) is 0.318. The topological polar surface area (TPSA) is 94.2 Å². The van der Waals surface area contributed by atoms with Gasteiger partial charge in [-0.25, -0.2) is 4.79 Å². The van der Waals surface area contributed by atoms with Crippen LogP contribution in [0.15, 0.2) is 42.5 Å². The highest BCUT2D eigenvalue weighted by atomic mass is 16.5. The van der Waals surface area contributed by atoms with Gasteiger partial charge in [-0.05, 0) is 49.7 Å². The van der Waals surface area contributed by atoms with Crippen LogP contribution in [0, 0.1) is 0 Å². The smallest absolute Gasteiger partial charge is 0.338 e. The second-order valence-corrected chi connectivity index (χ2v) is 6.62. The molecule has 2 aromatic carbocycles. The number of benzene rings is 2. The third kappa shape index (κ3) is 5.08. The van der Waals surface area contributed by atoms with E-state index in [0.717, 1.165) is 12.1 Å². The molecule has 0 saturated carbocycles. The molecule has 8 heteroatoms. The molecular weight excluding hydrogens is 388 g/mol. The molecule has 158 valence electrons. The lowest BCUT2D eigenvalue weighted by molar-refractivity contribution is -0.119. The largest absolute Gasteiger partial charge is 0.493 e. The molecule has 1 N–H and O–H groups in total. The number of rotatable bonds is 8. The first-order chi connectivity index (χ1) is 14.5. The van der Waals surface area contributed by atoms with E-state index < -0.39 is 18.5 Å². The number of carbonyl (C=O) groups is 3. The van der Waals surface area contributed by atoms with E-state index in [0.29, 0.717) is 36.8 Å². The Kier molecular flexibility index (Phi) is 6.90. The Hall–Kier alpha value is -3.55. The van der Waals surface area contributed by atoms with E-state index in [1.807, 2.05) is 13.0 Å². The number of esters is 1. The fourth-order valence-electron chi connectivity index (χ4n) is 3.16. The molecule has 3 rings (SSSR count). The van der Waals surface area contributed by atoms with Gasteiger partial charge < -0.3 is 24.4 Å². The van der Waals surface area contributed by atoms with Crippen LogP contribution in [0.4, 0.5) is 11.4 Å². The van der Waals surface area contributed by atoms with Crippen LogP contribution in [0.25, 0.3) is 0 Å². The Morgan fingerprint density at radius 3 is 2.67 bits per heavy atom. The summed E-state index contributed by atoms with van der Waals surface area (Å²) < 4.78 is 15.7. The number of hydrogen-bond acceptors (Lipinski definition) is 6. The number of carbonyl (C=O) groups excluding carboxylic acids is 3. The minimum atomic E-state index is -0.648. The van der Waals surface area contributed by atoms with E-state index >= 15 is 0 Å². The standard InChI is InChI=1S/C22H24N2O6/c1-3-29-19-12-15(9-10-18(19)28-2)22(27)30-14-20(25)23-16-6-4-7-17(13-16)24-11-5-8-21(24)26/h4,6-7,9-10,12-13H,3,5,8,11,14H2,1-2H3,(H,23,25). The molecule has 0 radical (unpaired) electrons. The van der Waals surface area contributed by atoms with E-state index in [9.17, 15) is 14.4 Å². The first-order valence-electron chi connectivity index (χ1n) is 9.70. The summed E-state index contributed by atoms with van der Waals surface area (Å²) >= 11 is 0. The molecule has 1 heterocycles. The molecule has 0 aliphatic carbocycles. The molecule has 0 aromatic heterocycles. The van der Waals surface area contributed by atoms with Crippen LogP contribution >= 0.6 is 0 Å². The lowest BCUT2D eigenvalue weighted by Gasteiger charge is -2.16. The molecule has 1 saturated heterocycles. The summed E-state index contributed by atoms with van der Waals surface area (Å²) in [6.45, 7) is 2.46. The van der Waals surface area contributed by atoms with Crippen LogP contribution in [0.1, 0.15) is 30.1 Å². The van der Waals surface area contributed by atoms with Crippen LogP contribution in [-0.4, -0.2) is 44.7 Å². The van der Waals surface area contributed by atoms with Crippen molar-refractivity contribution in [3.63, 3.8) is 0 Å². The molecule has 0 spiro atoms. The van der Waals surface area contributed by atoms with Gasteiger partial charge in [0.2, 0.25) is 5.91 Å². The third-order valence-corrected chi connectivity index (χ3v) is 4.55. The van der Waals surface area contributed by atoms with E-state index in [4.69, 9.17) is 14.2 Å². The average molecular weight is 412 g/mol. The molecule has 0 bridgehead atoms. The lowest BCUT2D eigenvalue weighted by Crippen LogP contribution is -2.24. The van der Waals surface area contributed by atoms with Crippen molar-refractivity contribution >= 4 is 29.2 Å². The Morgan fingerprint density at radius 2 is 1.97 bits per heavy atom. The first-order valence-corrected chi connectivity index (χ1v) is 9.70. The summed E-state index contributed by atoms with van der Waals surface area (Å²) in [7, 11) is 1.51. The van der Waals surface area contributed by atoms with Gasteiger partial charge in [0.15, 0.2) is 18.1 Å². The molecule has 1 fully saturated rings. The Bertz CT molecular complexity index is 943. The number of nitrogens with zero attached hydrogens (tertiary/aromatic N) is 1. The van der Waals surface area contributed by atoms with Crippen molar-refractivity contribution in [2.45, 2.75) is 19.8 Å².